The fourth-order valence-electron chi connectivity index (χ4n) is 6.72. The molecule has 0 aliphatic carbocycles. The van der Waals surface area contributed by atoms with Crippen molar-refractivity contribution in [3.8, 4) is 0 Å². The molecule has 6 rings (SSSR count). The van der Waals surface area contributed by atoms with Crippen LogP contribution in [0.2, 0.25) is 0 Å². The Morgan fingerprint density at radius 1 is 0.796 bits per heavy atom. The molecule has 5 aromatic carbocycles. The number of benzene rings is 5. The quantitative estimate of drug-likeness (QED) is 0.108. The minimum Gasteiger partial charge on any atom is -0.392 e. The molecule has 6 unspecified atom stereocenters. The van der Waals surface area contributed by atoms with E-state index in [-0.39, 0.29) is 42.1 Å². The molecule has 1 fully saturated rings. The second-order valence-electron chi connectivity index (χ2n) is 14.1. The van der Waals surface area contributed by atoms with Crippen LogP contribution in [0.4, 0.5) is 5.69 Å². The van der Waals surface area contributed by atoms with Crippen LogP contribution in [-0.4, -0.2) is 50.1 Å². The largest absolute Gasteiger partial charge is 0.392 e. The Morgan fingerprint density at radius 3 is 2.04 bits per heavy atom. The van der Waals surface area contributed by atoms with Gasteiger partial charge < -0.3 is 19.9 Å². The van der Waals surface area contributed by atoms with E-state index in [4.69, 9.17) is 9.47 Å². The number of ether oxygens (including phenoxy) is 2. The summed E-state index contributed by atoms with van der Waals surface area (Å²) in [5.74, 6) is -0.473. The minimum atomic E-state index is -3.99. The van der Waals surface area contributed by atoms with Gasteiger partial charge in [-0.2, -0.15) is 4.72 Å². The van der Waals surface area contributed by atoms with Crippen molar-refractivity contribution >= 4 is 21.6 Å². The highest BCUT2D eigenvalue weighted by Crippen LogP contribution is 2.42. The van der Waals surface area contributed by atoms with Gasteiger partial charge in [0.15, 0.2) is 6.29 Å². The van der Waals surface area contributed by atoms with E-state index >= 15 is 0 Å². The molecule has 1 aliphatic rings. The molecule has 5 aromatic rings. The highest BCUT2D eigenvalue weighted by atomic mass is 32.2. The van der Waals surface area contributed by atoms with E-state index in [1.165, 1.54) is 17.7 Å². The summed E-state index contributed by atoms with van der Waals surface area (Å²) in [6.45, 7) is 6.84. The predicted molar refractivity (Wildman–Crippen MR) is 211 cm³/mol. The minimum absolute atomic E-state index is 0.00967. The number of sulfonamides is 1. The SMILES string of the molecule is Cc1ccc(S(=O)(=O)NC(Cc2ccccc2)C(=O)Nc2ccc(C3OC(CN(C)C(C)c4ccccc4)C(C)C(c4ccc(CO)cc4)O3)cc2)cc1. The first-order valence-electron chi connectivity index (χ1n) is 18.3. The predicted octanol–water partition coefficient (Wildman–Crippen LogP) is 7.50. The summed E-state index contributed by atoms with van der Waals surface area (Å²) < 4.78 is 42.7. The second kappa shape index (κ2) is 17.6. The van der Waals surface area contributed by atoms with Crippen LogP contribution in [0.15, 0.2) is 138 Å². The molecule has 0 bridgehead atoms. The molecule has 6 atom stereocenters. The third-order valence-electron chi connectivity index (χ3n) is 10.2. The molecule has 10 heteroatoms. The van der Waals surface area contributed by atoms with Crippen LogP contribution < -0.4 is 10.0 Å². The van der Waals surface area contributed by atoms with E-state index in [1.807, 2.05) is 79.7 Å². The van der Waals surface area contributed by atoms with Crippen molar-refractivity contribution in [1.82, 2.24) is 9.62 Å². The Balaban J connectivity index is 1.20. The summed E-state index contributed by atoms with van der Waals surface area (Å²) in [4.78, 5) is 16.1. The summed E-state index contributed by atoms with van der Waals surface area (Å²) >= 11 is 0. The third-order valence-corrected chi connectivity index (χ3v) is 11.7. The molecule has 54 heavy (non-hydrogen) atoms. The number of rotatable bonds is 14. The number of aryl methyl sites for hydroxylation is 1. The van der Waals surface area contributed by atoms with Crippen molar-refractivity contribution < 1.29 is 27.8 Å². The first-order chi connectivity index (χ1) is 26.0. The number of carbonyl (C=O) groups excluding carboxylic acids is 1. The third kappa shape index (κ3) is 9.70. The molecular weight excluding hydrogens is 699 g/mol. The molecule has 0 aromatic heterocycles. The van der Waals surface area contributed by atoms with Gasteiger partial charge in [0, 0.05) is 29.8 Å². The lowest BCUT2D eigenvalue weighted by molar-refractivity contribution is -0.276. The smallest absolute Gasteiger partial charge is 0.242 e. The Bertz CT molecular complexity index is 2060. The molecule has 9 nitrogen and oxygen atoms in total. The maximum absolute atomic E-state index is 13.7. The number of hydrogen-bond acceptors (Lipinski definition) is 7. The van der Waals surface area contributed by atoms with Gasteiger partial charge in [0.2, 0.25) is 15.9 Å². The van der Waals surface area contributed by atoms with E-state index < -0.39 is 28.3 Å². The van der Waals surface area contributed by atoms with Crippen molar-refractivity contribution in [2.45, 2.75) is 69.3 Å². The number of nitrogens with zero attached hydrogens (tertiary/aromatic N) is 1. The normalized spacial score (nSPS) is 20.0. The van der Waals surface area contributed by atoms with E-state index in [0.717, 1.165) is 27.8 Å². The number of nitrogens with one attached hydrogen (secondary N) is 2. The molecule has 1 aliphatic heterocycles. The van der Waals surface area contributed by atoms with E-state index in [1.54, 1.807) is 24.3 Å². The lowest BCUT2D eigenvalue weighted by Crippen LogP contribution is -2.45. The van der Waals surface area contributed by atoms with Crippen LogP contribution in [0.25, 0.3) is 0 Å². The molecule has 0 radical (unpaired) electrons. The Morgan fingerprint density at radius 2 is 1.41 bits per heavy atom. The number of likely N-dealkylation sites (N-methyl/N-ethyl adjacent to an activating group) is 1. The number of amides is 1. The van der Waals surface area contributed by atoms with Crippen molar-refractivity contribution in [2.24, 2.45) is 5.92 Å². The number of hydrogen-bond donors (Lipinski definition) is 3. The fraction of sp³-hybridized carbons (Fsp3) is 0.295. The Labute approximate surface area is 319 Å². The molecule has 1 heterocycles. The van der Waals surface area contributed by atoms with Crippen LogP contribution in [0.3, 0.4) is 0 Å². The highest BCUT2D eigenvalue weighted by molar-refractivity contribution is 7.89. The van der Waals surface area contributed by atoms with Crippen molar-refractivity contribution in [3.63, 3.8) is 0 Å². The zero-order chi connectivity index (χ0) is 38.2. The monoisotopic (exact) mass is 747 g/mol. The number of anilines is 1. The number of aliphatic hydroxyl groups excluding tert-OH is 1. The van der Waals surface area contributed by atoms with Gasteiger partial charge >= 0.3 is 0 Å². The van der Waals surface area contributed by atoms with Crippen LogP contribution in [0, 0.1) is 12.8 Å². The number of aliphatic hydroxyl groups is 1. The van der Waals surface area contributed by atoms with E-state index in [0.29, 0.717) is 12.2 Å². The summed E-state index contributed by atoms with van der Waals surface area (Å²) in [7, 11) is -1.88. The zero-order valence-corrected chi connectivity index (χ0v) is 31.9. The van der Waals surface area contributed by atoms with Gasteiger partial charge in [-0.05, 0) is 73.8 Å². The van der Waals surface area contributed by atoms with Gasteiger partial charge in [-0.3, -0.25) is 9.69 Å². The molecule has 0 spiro atoms. The molecule has 0 saturated carbocycles. The van der Waals surface area contributed by atoms with Crippen molar-refractivity contribution in [2.75, 3.05) is 18.9 Å². The topological polar surface area (TPSA) is 117 Å². The van der Waals surface area contributed by atoms with E-state index in [9.17, 15) is 18.3 Å². The second-order valence-corrected chi connectivity index (χ2v) is 15.9. The Kier molecular flexibility index (Phi) is 12.7. The number of carbonyl (C=O) groups is 1. The molecular formula is C44H49N3O6S. The lowest BCUT2D eigenvalue weighted by atomic mass is 9.89. The summed E-state index contributed by atoms with van der Waals surface area (Å²) in [5, 5.41) is 12.6. The standard InChI is InChI=1S/C44H49N3O6S/c1-30-15-25-39(26-16-30)54(50,51)46-40(27-33-11-7-5-8-12-33)43(49)45-38-23-21-37(22-24-38)44-52-41(28-47(4)32(3)35-13-9-6-10-14-35)31(2)42(53-44)36-19-17-34(29-48)18-20-36/h5-26,31-32,40-42,44,46,48H,27-29H2,1-4H3,(H,45,49). The average molecular weight is 748 g/mol. The maximum atomic E-state index is 13.7. The summed E-state index contributed by atoms with van der Waals surface area (Å²) in [5.41, 5.74) is 6.08. The van der Waals surface area contributed by atoms with Crippen LogP contribution in [0.1, 0.15) is 65.7 Å². The maximum Gasteiger partial charge on any atom is 0.242 e. The lowest BCUT2D eigenvalue weighted by Gasteiger charge is -2.43. The van der Waals surface area contributed by atoms with Gasteiger partial charge in [-0.1, -0.05) is 122 Å². The zero-order valence-electron chi connectivity index (χ0n) is 31.1. The molecule has 1 amide bonds. The molecule has 1 saturated heterocycles. The average Bonchev–Trinajstić information content (AvgIpc) is 3.19. The van der Waals surface area contributed by atoms with Crippen molar-refractivity contribution in [1.29, 1.82) is 0 Å². The first kappa shape index (κ1) is 39.0. The van der Waals surface area contributed by atoms with Crippen LogP contribution in [-0.2, 0) is 37.3 Å². The van der Waals surface area contributed by atoms with Gasteiger partial charge in [0.1, 0.15) is 6.04 Å². The van der Waals surface area contributed by atoms with Gasteiger partial charge in [0.05, 0.1) is 23.7 Å². The van der Waals surface area contributed by atoms with Crippen LogP contribution >= 0.6 is 0 Å². The Hall–Kier alpha value is -4.68. The van der Waals surface area contributed by atoms with Gasteiger partial charge in [-0.25, -0.2) is 8.42 Å². The van der Waals surface area contributed by atoms with Gasteiger partial charge in [-0.15, -0.1) is 0 Å². The van der Waals surface area contributed by atoms with E-state index in [2.05, 4.69) is 60.1 Å². The van der Waals surface area contributed by atoms with Crippen molar-refractivity contribution in [3.05, 3.63) is 167 Å². The molecule has 3 N–H and O–H groups in total. The fourth-order valence-corrected chi connectivity index (χ4v) is 7.91. The highest BCUT2D eigenvalue weighted by Gasteiger charge is 2.39. The summed E-state index contributed by atoms with van der Waals surface area (Å²) in [6.07, 6.45) is -0.980. The first-order valence-corrected chi connectivity index (χ1v) is 19.8. The molecule has 282 valence electrons. The van der Waals surface area contributed by atoms with Gasteiger partial charge in [0.25, 0.3) is 0 Å². The van der Waals surface area contributed by atoms with Crippen LogP contribution in [0.5, 0.6) is 0 Å². The summed E-state index contributed by atoms with van der Waals surface area (Å²) in [6, 6.07) is 40.4.